The molecule has 0 aliphatic heterocycles. The molecule has 110 valence electrons. The lowest BCUT2D eigenvalue weighted by Gasteiger charge is -2.18. The number of carbonyl (C=O) groups excluding carboxylic acids is 1. The maximum absolute atomic E-state index is 13.0. The van der Waals surface area contributed by atoms with Crippen LogP contribution in [-0.4, -0.2) is 20.0 Å². The van der Waals surface area contributed by atoms with E-state index in [1.165, 1.54) is 12.1 Å². The summed E-state index contributed by atoms with van der Waals surface area (Å²) in [5, 5.41) is 3.29. The molecule has 3 nitrogen and oxygen atoms in total. The quantitative estimate of drug-likeness (QED) is 0.903. The van der Waals surface area contributed by atoms with Crippen LogP contribution in [0.4, 0.5) is 15.8 Å². The lowest BCUT2D eigenvalue weighted by molar-refractivity contribution is 0.102. The third-order valence-corrected chi connectivity index (χ3v) is 3.41. The molecule has 1 N–H and O–H groups in total. The first-order chi connectivity index (χ1) is 9.88. The normalized spacial score (nSPS) is 10.3. The number of halogens is 3. The van der Waals surface area contributed by atoms with E-state index in [0.717, 1.165) is 11.8 Å². The second-order valence-corrected chi connectivity index (χ2v) is 5.48. The lowest BCUT2D eigenvalue weighted by atomic mass is 10.2. The smallest absolute Gasteiger partial charge is 0.257 e. The van der Waals surface area contributed by atoms with E-state index in [9.17, 15) is 9.18 Å². The Kier molecular flexibility index (Phi) is 4.70. The van der Waals surface area contributed by atoms with Crippen molar-refractivity contribution in [3.05, 3.63) is 57.8 Å². The van der Waals surface area contributed by atoms with E-state index < -0.39 is 11.7 Å². The number of hydrogen-bond donors (Lipinski definition) is 1. The fourth-order valence-electron chi connectivity index (χ4n) is 1.86. The third kappa shape index (κ3) is 3.65. The number of rotatable bonds is 3. The van der Waals surface area contributed by atoms with Crippen molar-refractivity contribution < 1.29 is 9.18 Å². The molecule has 0 unspecified atom stereocenters. The second kappa shape index (κ2) is 6.33. The molecule has 2 rings (SSSR count). The molecule has 21 heavy (non-hydrogen) atoms. The highest BCUT2D eigenvalue weighted by Gasteiger charge is 2.14. The van der Waals surface area contributed by atoms with Gasteiger partial charge in [-0.2, -0.15) is 0 Å². The van der Waals surface area contributed by atoms with Crippen molar-refractivity contribution in [3.63, 3.8) is 0 Å². The van der Waals surface area contributed by atoms with Crippen molar-refractivity contribution in [3.8, 4) is 0 Å². The molecule has 6 heteroatoms. The number of carbonyl (C=O) groups is 1. The molecule has 0 aliphatic carbocycles. The van der Waals surface area contributed by atoms with Gasteiger partial charge in [0.1, 0.15) is 5.82 Å². The molecule has 0 radical (unpaired) electrons. The SMILES string of the molecule is CN(C)c1ccc(Cl)cc1NC(=O)c1ccc(F)cc1Cl. The highest BCUT2D eigenvalue weighted by atomic mass is 35.5. The summed E-state index contributed by atoms with van der Waals surface area (Å²) in [4.78, 5) is 14.1. The molecule has 0 bridgehead atoms. The van der Waals surface area contributed by atoms with Crippen molar-refractivity contribution in [2.75, 3.05) is 24.3 Å². The van der Waals surface area contributed by atoms with Crippen LogP contribution in [0.5, 0.6) is 0 Å². The molecule has 0 aromatic heterocycles. The van der Waals surface area contributed by atoms with Crippen LogP contribution in [0.3, 0.4) is 0 Å². The van der Waals surface area contributed by atoms with Gasteiger partial charge in [-0.25, -0.2) is 4.39 Å². The fourth-order valence-corrected chi connectivity index (χ4v) is 2.29. The van der Waals surface area contributed by atoms with Gasteiger partial charge in [-0.1, -0.05) is 23.2 Å². The first-order valence-corrected chi connectivity index (χ1v) is 6.87. The van der Waals surface area contributed by atoms with Crippen LogP contribution >= 0.6 is 23.2 Å². The zero-order valence-corrected chi connectivity index (χ0v) is 13.0. The Hall–Kier alpha value is -1.78. The Balaban J connectivity index is 2.33. The molecule has 0 aliphatic rings. The summed E-state index contributed by atoms with van der Waals surface area (Å²) in [6, 6.07) is 8.80. The van der Waals surface area contributed by atoms with Crippen molar-refractivity contribution >= 4 is 40.5 Å². The average molecular weight is 327 g/mol. The number of amides is 1. The predicted octanol–water partition coefficient (Wildman–Crippen LogP) is 4.45. The Bertz CT molecular complexity index is 689. The number of anilines is 2. The van der Waals surface area contributed by atoms with E-state index in [4.69, 9.17) is 23.2 Å². The van der Waals surface area contributed by atoms with Gasteiger partial charge >= 0.3 is 0 Å². The van der Waals surface area contributed by atoms with Crippen molar-refractivity contribution in [1.29, 1.82) is 0 Å². The van der Waals surface area contributed by atoms with Gasteiger partial charge < -0.3 is 10.2 Å². The molecular formula is C15H13Cl2FN2O. The van der Waals surface area contributed by atoms with Gasteiger partial charge in [0.2, 0.25) is 0 Å². The number of nitrogens with zero attached hydrogens (tertiary/aromatic N) is 1. The van der Waals surface area contributed by atoms with E-state index in [0.29, 0.717) is 10.7 Å². The molecule has 0 saturated heterocycles. The fraction of sp³-hybridized carbons (Fsp3) is 0.133. The lowest BCUT2D eigenvalue weighted by Crippen LogP contribution is -2.17. The summed E-state index contributed by atoms with van der Waals surface area (Å²) >= 11 is 11.8. The molecule has 0 spiro atoms. The van der Waals surface area contributed by atoms with E-state index in [2.05, 4.69) is 5.32 Å². The van der Waals surface area contributed by atoms with Gasteiger partial charge in [0, 0.05) is 19.1 Å². The van der Waals surface area contributed by atoms with Crippen LogP contribution < -0.4 is 10.2 Å². The minimum atomic E-state index is -0.492. The first-order valence-electron chi connectivity index (χ1n) is 6.12. The predicted molar refractivity (Wildman–Crippen MR) is 85.1 cm³/mol. The van der Waals surface area contributed by atoms with Crippen molar-refractivity contribution in [2.45, 2.75) is 0 Å². The first kappa shape index (κ1) is 15.6. The molecular weight excluding hydrogens is 314 g/mol. The summed E-state index contributed by atoms with van der Waals surface area (Å²) in [6.45, 7) is 0. The summed E-state index contributed by atoms with van der Waals surface area (Å²) < 4.78 is 13.0. The molecule has 0 atom stereocenters. The summed E-state index contributed by atoms with van der Waals surface area (Å²) in [7, 11) is 3.70. The van der Waals surface area contributed by atoms with Gasteiger partial charge in [-0.15, -0.1) is 0 Å². The van der Waals surface area contributed by atoms with Gasteiger partial charge in [-0.3, -0.25) is 4.79 Å². The summed E-state index contributed by atoms with van der Waals surface area (Å²) in [5.74, 6) is -0.918. The molecule has 2 aromatic carbocycles. The standard InChI is InChI=1S/C15H13Cl2FN2O/c1-20(2)14-6-3-9(16)7-13(14)19-15(21)11-5-4-10(18)8-12(11)17/h3-8H,1-2H3,(H,19,21). The van der Waals surface area contributed by atoms with Crippen LogP contribution in [0, 0.1) is 5.82 Å². The third-order valence-electron chi connectivity index (χ3n) is 2.86. The molecule has 1 amide bonds. The van der Waals surface area contributed by atoms with Gasteiger partial charge in [0.15, 0.2) is 0 Å². The Morgan fingerprint density at radius 1 is 1.14 bits per heavy atom. The maximum Gasteiger partial charge on any atom is 0.257 e. The molecule has 0 fully saturated rings. The highest BCUT2D eigenvalue weighted by Crippen LogP contribution is 2.29. The minimum absolute atomic E-state index is 0.0564. The van der Waals surface area contributed by atoms with E-state index >= 15 is 0 Å². The van der Waals surface area contributed by atoms with E-state index in [1.54, 1.807) is 18.2 Å². The Morgan fingerprint density at radius 3 is 2.48 bits per heavy atom. The van der Waals surface area contributed by atoms with Crippen molar-refractivity contribution in [1.82, 2.24) is 0 Å². The zero-order valence-electron chi connectivity index (χ0n) is 11.5. The summed E-state index contributed by atoms with van der Waals surface area (Å²) in [6.07, 6.45) is 0. The molecule has 0 heterocycles. The number of nitrogens with one attached hydrogen (secondary N) is 1. The number of benzene rings is 2. The van der Waals surface area contributed by atoms with Gasteiger partial charge in [-0.05, 0) is 36.4 Å². The maximum atomic E-state index is 13.0. The highest BCUT2D eigenvalue weighted by molar-refractivity contribution is 6.34. The topological polar surface area (TPSA) is 32.3 Å². The molecule has 2 aromatic rings. The van der Waals surface area contributed by atoms with Crippen LogP contribution in [0.15, 0.2) is 36.4 Å². The summed E-state index contributed by atoms with van der Waals surface area (Å²) in [5.41, 5.74) is 1.55. The monoisotopic (exact) mass is 326 g/mol. The van der Waals surface area contributed by atoms with Crippen LogP contribution in [-0.2, 0) is 0 Å². The van der Waals surface area contributed by atoms with Crippen LogP contribution in [0.25, 0.3) is 0 Å². The van der Waals surface area contributed by atoms with Gasteiger partial charge in [0.05, 0.1) is 22.0 Å². The van der Waals surface area contributed by atoms with E-state index in [1.807, 2.05) is 19.0 Å². The van der Waals surface area contributed by atoms with Gasteiger partial charge in [0.25, 0.3) is 5.91 Å². The largest absolute Gasteiger partial charge is 0.376 e. The van der Waals surface area contributed by atoms with Crippen LogP contribution in [0.1, 0.15) is 10.4 Å². The Labute approximate surface area is 132 Å². The van der Waals surface area contributed by atoms with Crippen LogP contribution in [0.2, 0.25) is 10.0 Å². The van der Waals surface area contributed by atoms with E-state index in [-0.39, 0.29) is 10.6 Å². The minimum Gasteiger partial charge on any atom is -0.376 e. The average Bonchev–Trinajstić information content (AvgIpc) is 2.37. The van der Waals surface area contributed by atoms with Crippen molar-refractivity contribution in [2.24, 2.45) is 0 Å². The Morgan fingerprint density at radius 2 is 1.86 bits per heavy atom. The molecule has 0 saturated carbocycles. The zero-order chi connectivity index (χ0) is 15.6. The number of hydrogen-bond acceptors (Lipinski definition) is 2. The second-order valence-electron chi connectivity index (χ2n) is 4.63.